The Morgan fingerprint density at radius 3 is 2.46 bits per heavy atom. The molecule has 2 aromatic rings. The van der Waals surface area contributed by atoms with Crippen LogP contribution in [0.1, 0.15) is 30.1 Å². The summed E-state index contributed by atoms with van der Waals surface area (Å²) < 4.78 is 5.51. The van der Waals surface area contributed by atoms with E-state index in [-0.39, 0.29) is 12.3 Å². The Hall–Kier alpha value is -2.90. The summed E-state index contributed by atoms with van der Waals surface area (Å²) in [6.07, 6.45) is 0.841. The fourth-order valence-electron chi connectivity index (χ4n) is 2.75. The van der Waals surface area contributed by atoms with Gasteiger partial charge in [-0.1, -0.05) is 18.5 Å². The van der Waals surface area contributed by atoms with E-state index in [2.05, 4.69) is 10.9 Å². The molecule has 0 aliphatic carbocycles. The summed E-state index contributed by atoms with van der Waals surface area (Å²) in [6.45, 7) is 2.61. The maximum absolute atomic E-state index is 12.6. The quantitative estimate of drug-likeness (QED) is 0.550. The molecule has 1 aliphatic heterocycles. The van der Waals surface area contributed by atoms with Gasteiger partial charge >= 0.3 is 0 Å². The molecule has 2 N–H and O–H groups in total. The van der Waals surface area contributed by atoms with Crippen molar-refractivity contribution in [1.29, 1.82) is 0 Å². The Bertz CT molecular complexity index is 868. The van der Waals surface area contributed by atoms with Crippen LogP contribution in [-0.2, 0) is 9.59 Å². The van der Waals surface area contributed by atoms with E-state index in [1.807, 2.05) is 6.92 Å². The number of anilines is 1. The molecule has 0 radical (unpaired) electrons. The Kier molecular flexibility index (Phi) is 6.28. The van der Waals surface area contributed by atoms with Crippen LogP contribution in [0.5, 0.6) is 5.75 Å². The van der Waals surface area contributed by atoms with Crippen LogP contribution >= 0.6 is 11.6 Å². The van der Waals surface area contributed by atoms with Gasteiger partial charge in [0, 0.05) is 10.6 Å². The van der Waals surface area contributed by atoms with Crippen molar-refractivity contribution in [2.24, 2.45) is 0 Å². The maximum atomic E-state index is 12.6. The molecule has 0 saturated carbocycles. The van der Waals surface area contributed by atoms with Gasteiger partial charge in [0.2, 0.25) is 5.91 Å². The van der Waals surface area contributed by atoms with Crippen LogP contribution in [0.4, 0.5) is 5.69 Å². The third-order valence-electron chi connectivity index (χ3n) is 4.18. The van der Waals surface area contributed by atoms with Crippen LogP contribution in [0, 0.1) is 0 Å². The van der Waals surface area contributed by atoms with E-state index < -0.39 is 17.9 Å². The van der Waals surface area contributed by atoms with Crippen molar-refractivity contribution < 1.29 is 19.1 Å². The largest absolute Gasteiger partial charge is 0.494 e. The number of benzene rings is 2. The number of nitrogens with zero attached hydrogens (tertiary/aromatic N) is 1. The molecule has 1 heterocycles. The monoisotopic (exact) mass is 401 g/mol. The molecule has 1 atom stereocenters. The number of hydrazine groups is 1. The van der Waals surface area contributed by atoms with Crippen molar-refractivity contribution in [3.8, 4) is 5.75 Å². The zero-order chi connectivity index (χ0) is 20.1. The summed E-state index contributed by atoms with van der Waals surface area (Å²) in [5, 5.41) is 0.517. The lowest BCUT2D eigenvalue weighted by atomic mass is 10.2. The lowest BCUT2D eigenvalue weighted by molar-refractivity contribution is -0.121. The minimum Gasteiger partial charge on any atom is -0.494 e. The zero-order valence-electron chi connectivity index (χ0n) is 15.3. The average molecular weight is 402 g/mol. The second-order valence-electron chi connectivity index (χ2n) is 6.27. The van der Waals surface area contributed by atoms with Crippen LogP contribution in [0.3, 0.4) is 0 Å². The third-order valence-corrected chi connectivity index (χ3v) is 4.43. The van der Waals surface area contributed by atoms with E-state index in [1.165, 1.54) is 0 Å². The summed E-state index contributed by atoms with van der Waals surface area (Å²) in [7, 11) is 0. The number of ether oxygens (including phenoxy) is 1. The van der Waals surface area contributed by atoms with E-state index in [1.54, 1.807) is 48.5 Å². The van der Waals surface area contributed by atoms with Gasteiger partial charge in [-0.05, 0) is 55.0 Å². The molecule has 3 rings (SSSR count). The molecule has 1 saturated heterocycles. The number of carbonyl (C=O) groups excluding carboxylic acids is 3. The Morgan fingerprint density at radius 2 is 1.82 bits per heavy atom. The fraction of sp³-hybridized carbons (Fsp3) is 0.250. The van der Waals surface area contributed by atoms with Crippen molar-refractivity contribution in [1.82, 2.24) is 10.9 Å². The first-order valence-corrected chi connectivity index (χ1v) is 9.28. The first kappa shape index (κ1) is 19.9. The molecule has 0 aromatic heterocycles. The molecule has 3 amide bonds. The predicted molar refractivity (Wildman–Crippen MR) is 105 cm³/mol. The SMILES string of the molecule is CCCOc1ccc(N2C(=O)C[C@@H](NNC(=O)c3ccc(Cl)cc3)C2=O)cc1. The normalized spacial score (nSPS) is 16.4. The fourth-order valence-corrected chi connectivity index (χ4v) is 2.88. The van der Waals surface area contributed by atoms with E-state index >= 15 is 0 Å². The number of amides is 3. The molecule has 0 spiro atoms. The molecule has 1 aliphatic rings. The van der Waals surface area contributed by atoms with E-state index in [0.29, 0.717) is 28.6 Å². The number of rotatable bonds is 7. The molecule has 146 valence electrons. The number of halogens is 1. The summed E-state index contributed by atoms with van der Waals surface area (Å²) in [4.78, 5) is 38.2. The van der Waals surface area contributed by atoms with Crippen molar-refractivity contribution in [3.63, 3.8) is 0 Å². The van der Waals surface area contributed by atoms with Crippen LogP contribution < -0.4 is 20.5 Å². The molecule has 1 fully saturated rings. The lowest BCUT2D eigenvalue weighted by Gasteiger charge is -2.16. The van der Waals surface area contributed by atoms with Gasteiger partial charge in [0.25, 0.3) is 11.8 Å². The number of imide groups is 1. The van der Waals surface area contributed by atoms with Gasteiger partial charge < -0.3 is 4.74 Å². The van der Waals surface area contributed by atoms with E-state index in [4.69, 9.17) is 16.3 Å². The molecule has 2 aromatic carbocycles. The van der Waals surface area contributed by atoms with Gasteiger partial charge in [0.15, 0.2) is 0 Å². The molecule has 0 bridgehead atoms. The lowest BCUT2D eigenvalue weighted by Crippen LogP contribution is -2.48. The molecule has 28 heavy (non-hydrogen) atoms. The molecule has 7 nitrogen and oxygen atoms in total. The van der Waals surface area contributed by atoms with Gasteiger partial charge in [-0.25, -0.2) is 10.3 Å². The van der Waals surface area contributed by atoms with Crippen molar-refractivity contribution in [3.05, 3.63) is 59.1 Å². The highest BCUT2D eigenvalue weighted by molar-refractivity contribution is 6.30. The summed E-state index contributed by atoms with van der Waals surface area (Å²) in [5.74, 6) is -0.517. The van der Waals surface area contributed by atoms with Crippen LogP contribution in [0.2, 0.25) is 5.02 Å². The van der Waals surface area contributed by atoms with Gasteiger partial charge in [-0.2, -0.15) is 0 Å². The molecule has 0 unspecified atom stereocenters. The highest BCUT2D eigenvalue weighted by atomic mass is 35.5. The van der Waals surface area contributed by atoms with Gasteiger partial charge in [0.1, 0.15) is 11.8 Å². The van der Waals surface area contributed by atoms with Gasteiger partial charge in [-0.15, -0.1) is 0 Å². The Balaban J connectivity index is 1.61. The zero-order valence-corrected chi connectivity index (χ0v) is 16.0. The van der Waals surface area contributed by atoms with Crippen molar-refractivity contribution in [2.45, 2.75) is 25.8 Å². The number of hydrogen-bond donors (Lipinski definition) is 2. The summed E-state index contributed by atoms with van der Waals surface area (Å²) in [6, 6.07) is 12.2. The smallest absolute Gasteiger partial charge is 0.265 e. The highest BCUT2D eigenvalue weighted by Gasteiger charge is 2.39. The number of carbonyl (C=O) groups is 3. The Morgan fingerprint density at radius 1 is 1.14 bits per heavy atom. The van der Waals surface area contributed by atoms with E-state index in [9.17, 15) is 14.4 Å². The third kappa shape index (κ3) is 4.49. The van der Waals surface area contributed by atoms with Gasteiger partial charge in [-0.3, -0.25) is 19.8 Å². The maximum Gasteiger partial charge on any atom is 0.265 e. The standard InChI is InChI=1S/C20H20ClN3O4/c1-2-11-28-16-9-7-15(8-10-16)24-18(25)12-17(20(24)27)22-23-19(26)13-3-5-14(21)6-4-13/h3-10,17,22H,2,11-12H2,1H3,(H,23,26)/t17-/m1/s1. The van der Waals surface area contributed by atoms with Crippen LogP contribution in [-0.4, -0.2) is 30.4 Å². The minimum absolute atomic E-state index is 0.0478. The topological polar surface area (TPSA) is 87.7 Å². The minimum atomic E-state index is -0.834. The number of nitrogens with one attached hydrogen (secondary N) is 2. The Labute approximate surface area is 167 Å². The second kappa shape index (κ2) is 8.86. The average Bonchev–Trinajstić information content (AvgIpc) is 2.99. The first-order valence-electron chi connectivity index (χ1n) is 8.90. The molecular formula is C20H20ClN3O4. The predicted octanol–water partition coefficient (Wildman–Crippen LogP) is 2.70. The first-order chi connectivity index (χ1) is 13.5. The second-order valence-corrected chi connectivity index (χ2v) is 6.71. The van der Waals surface area contributed by atoms with Crippen molar-refractivity contribution >= 4 is 35.0 Å². The van der Waals surface area contributed by atoms with Crippen LogP contribution in [0.15, 0.2) is 48.5 Å². The number of hydrogen-bond acceptors (Lipinski definition) is 5. The van der Waals surface area contributed by atoms with Crippen molar-refractivity contribution in [2.75, 3.05) is 11.5 Å². The van der Waals surface area contributed by atoms with Gasteiger partial charge in [0.05, 0.1) is 18.7 Å². The highest BCUT2D eigenvalue weighted by Crippen LogP contribution is 2.25. The summed E-state index contributed by atoms with van der Waals surface area (Å²) in [5.41, 5.74) is 5.96. The summed E-state index contributed by atoms with van der Waals surface area (Å²) >= 11 is 5.80. The van der Waals surface area contributed by atoms with E-state index in [0.717, 1.165) is 11.3 Å². The molecule has 8 heteroatoms. The molecular weight excluding hydrogens is 382 g/mol. The van der Waals surface area contributed by atoms with Crippen LogP contribution in [0.25, 0.3) is 0 Å².